The molecule has 4 rings (SSSR count). The van der Waals surface area contributed by atoms with Crippen LogP contribution in [0.25, 0.3) is 11.3 Å². The first-order valence-corrected chi connectivity index (χ1v) is 8.83. The van der Waals surface area contributed by atoms with Gasteiger partial charge in [-0.3, -0.25) is 4.79 Å². The van der Waals surface area contributed by atoms with Crippen LogP contribution in [0.1, 0.15) is 23.2 Å². The number of carbonyl (C=O) groups is 1. The van der Waals surface area contributed by atoms with Crippen LogP contribution in [-0.2, 0) is 0 Å². The van der Waals surface area contributed by atoms with Gasteiger partial charge in [0, 0.05) is 36.0 Å². The zero-order valence-corrected chi connectivity index (χ0v) is 14.4. The van der Waals surface area contributed by atoms with E-state index in [0.717, 1.165) is 35.9 Å². The standard InChI is InChI=1S/C21H20N4O/c26-21(24-18-6-2-1-3-7-18)17-10-8-16(9-11-17)19-14-20(23-15-22-19)25-12-4-5-13-25/h1-3,6-11,14-15H,4-5,12-13H2,(H,24,26). The van der Waals surface area contributed by atoms with Crippen molar-refractivity contribution in [3.8, 4) is 11.3 Å². The van der Waals surface area contributed by atoms with Crippen molar-refractivity contribution in [3.05, 3.63) is 72.6 Å². The average molecular weight is 344 g/mol. The fraction of sp³-hybridized carbons (Fsp3) is 0.190. The van der Waals surface area contributed by atoms with Gasteiger partial charge >= 0.3 is 0 Å². The summed E-state index contributed by atoms with van der Waals surface area (Å²) in [6.07, 6.45) is 4.04. The Labute approximate surface area is 152 Å². The number of hydrogen-bond donors (Lipinski definition) is 1. The van der Waals surface area contributed by atoms with E-state index in [1.807, 2.05) is 60.7 Å². The highest BCUT2D eigenvalue weighted by Crippen LogP contribution is 2.23. The number of carbonyl (C=O) groups excluding carboxylic acids is 1. The van der Waals surface area contributed by atoms with Gasteiger partial charge in [0.25, 0.3) is 5.91 Å². The quantitative estimate of drug-likeness (QED) is 0.777. The van der Waals surface area contributed by atoms with Crippen molar-refractivity contribution in [3.63, 3.8) is 0 Å². The first kappa shape index (κ1) is 16.3. The molecule has 1 aliphatic rings. The number of para-hydroxylation sites is 1. The van der Waals surface area contributed by atoms with Gasteiger partial charge < -0.3 is 10.2 Å². The van der Waals surface area contributed by atoms with E-state index >= 15 is 0 Å². The molecule has 1 fully saturated rings. The van der Waals surface area contributed by atoms with Gasteiger partial charge in [-0.25, -0.2) is 9.97 Å². The predicted octanol–water partition coefficient (Wildman–Crippen LogP) is 4.00. The van der Waals surface area contributed by atoms with Crippen molar-refractivity contribution < 1.29 is 4.79 Å². The van der Waals surface area contributed by atoms with Gasteiger partial charge in [0.05, 0.1) is 5.69 Å². The zero-order chi connectivity index (χ0) is 17.8. The van der Waals surface area contributed by atoms with E-state index in [1.54, 1.807) is 6.33 Å². The third-order valence-corrected chi connectivity index (χ3v) is 4.56. The molecule has 0 spiro atoms. The topological polar surface area (TPSA) is 58.1 Å². The third kappa shape index (κ3) is 3.57. The molecule has 0 radical (unpaired) electrons. The third-order valence-electron chi connectivity index (χ3n) is 4.56. The van der Waals surface area contributed by atoms with Gasteiger partial charge in [-0.1, -0.05) is 30.3 Å². The van der Waals surface area contributed by atoms with Crippen molar-refractivity contribution in [2.45, 2.75) is 12.8 Å². The molecule has 0 aliphatic carbocycles. The summed E-state index contributed by atoms with van der Waals surface area (Å²) in [5.74, 6) is 0.849. The largest absolute Gasteiger partial charge is 0.357 e. The van der Waals surface area contributed by atoms with Crippen molar-refractivity contribution in [1.82, 2.24) is 9.97 Å². The van der Waals surface area contributed by atoms with E-state index in [4.69, 9.17) is 0 Å². The van der Waals surface area contributed by atoms with Crippen LogP contribution in [-0.4, -0.2) is 29.0 Å². The molecule has 5 nitrogen and oxygen atoms in total. The predicted molar refractivity (Wildman–Crippen MR) is 103 cm³/mol. The van der Waals surface area contributed by atoms with Crippen molar-refractivity contribution >= 4 is 17.4 Å². The molecule has 26 heavy (non-hydrogen) atoms. The number of nitrogens with zero attached hydrogens (tertiary/aromatic N) is 3. The van der Waals surface area contributed by atoms with Gasteiger partial charge in [0.15, 0.2) is 0 Å². The van der Waals surface area contributed by atoms with Crippen LogP contribution in [0.3, 0.4) is 0 Å². The molecular formula is C21H20N4O. The number of anilines is 2. The second kappa shape index (κ2) is 7.35. The Morgan fingerprint density at radius 2 is 1.65 bits per heavy atom. The Hall–Kier alpha value is -3.21. The van der Waals surface area contributed by atoms with E-state index in [2.05, 4.69) is 20.2 Å². The van der Waals surface area contributed by atoms with Gasteiger partial charge in [0.2, 0.25) is 0 Å². The Kier molecular flexibility index (Phi) is 4.60. The van der Waals surface area contributed by atoms with E-state index in [1.165, 1.54) is 12.8 Å². The Morgan fingerprint density at radius 1 is 0.923 bits per heavy atom. The van der Waals surface area contributed by atoms with Crippen LogP contribution >= 0.6 is 0 Å². The fourth-order valence-corrected chi connectivity index (χ4v) is 3.14. The molecular weight excluding hydrogens is 324 g/mol. The molecule has 0 saturated carbocycles. The van der Waals surface area contributed by atoms with Crippen LogP contribution in [0, 0.1) is 0 Å². The molecule has 1 N–H and O–H groups in total. The highest BCUT2D eigenvalue weighted by Gasteiger charge is 2.14. The molecule has 0 unspecified atom stereocenters. The highest BCUT2D eigenvalue weighted by molar-refractivity contribution is 6.04. The van der Waals surface area contributed by atoms with E-state index in [-0.39, 0.29) is 5.91 Å². The lowest BCUT2D eigenvalue weighted by atomic mass is 10.1. The smallest absolute Gasteiger partial charge is 0.255 e. The summed E-state index contributed by atoms with van der Waals surface area (Å²) < 4.78 is 0. The molecule has 2 aromatic carbocycles. The van der Waals surface area contributed by atoms with Gasteiger partial charge in [-0.15, -0.1) is 0 Å². The summed E-state index contributed by atoms with van der Waals surface area (Å²) in [7, 11) is 0. The lowest BCUT2D eigenvalue weighted by molar-refractivity contribution is 0.102. The summed E-state index contributed by atoms with van der Waals surface area (Å²) >= 11 is 0. The number of hydrogen-bond acceptors (Lipinski definition) is 4. The lowest BCUT2D eigenvalue weighted by Gasteiger charge is -2.16. The maximum atomic E-state index is 12.3. The number of amides is 1. The van der Waals surface area contributed by atoms with Crippen LogP contribution in [0.15, 0.2) is 67.0 Å². The van der Waals surface area contributed by atoms with Crippen LogP contribution < -0.4 is 10.2 Å². The summed E-state index contributed by atoms with van der Waals surface area (Å²) in [6, 6.07) is 19.0. The molecule has 3 aromatic rings. The minimum atomic E-state index is -0.122. The van der Waals surface area contributed by atoms with Gasteiger partial charge in [-0.05, 0) is 37.1 Å². The molecule has 1 aliphatic heterocycles. The van der Waals surface area contributed by atoms with E-state index in [9.17, 15) is 4.79 Å². The maximum Gasteiger partial charge on any atom is 0.255 e. The molecule has 2 heterocycles. The minimum Gasteiger partial charge on any atom is -0.357 e. The van der Waals surface area contributed by atoms with Gasteiger partial charge in [-0.2, -0.15) is 0 Å². The minimum absolute atomic E-state index is 0.122. The Balaban J connectivity index is 1.51. The molecule has 5 heteroatoms. The second-order valence-corrected chi connectivity index (χ2v) is 6.35. The normalized spacial score (nSPS) is 13.6. The second-order valence-electron chi connectivity index (χ2n) is 6.35. The lowest BCUT2D eigenvalue weighted by Crippen LogP contribution is -2.19. The first-order valence-electron chi connectivity index (χ1n) is 8.83. The van der Waals surface area contributed by atoms with Crippen LogP contribution in [0.2, 0.25) is 0 Å². The SMILES string of the molecule is O=C(Nc1ccccc1)c1ccc(-c2cc(N3CCCC3)ncn2)cc1. The summed E-state index contributed by atoms with van der Waals surface area (Å²) in [5, 5.41) is 2.89. The van der Waals surface area contributed by atoms with Crippen molar-refractivity contribution in [1.29, 1.82) is 0 Å². The molecule has 1 aromatic heterocycles. The summed E-state index contributed by atoms with van der Waals surface area (Å²) in [6.45, 7) is 2.10. The fourth-order valence-electron chi connectivity index (χ4n) is 3.14. The van der Waals surface area contributed by atoms with E-state index < -0.39 is 0 Å². The van der Waals surface area contributed by atoms with Crippen molar-refractivity contribution in [2.24, 2.45) is 0 Å². The zero-order valence-electron chi connectivity index (χ0n) is 14.4. The summed E-state index contributed by atoms with van der Waals surface area (Å²) in [5.41, 5.74) is 3.25. The number of aromatic nitrogens is 2. The highest BCUT2D eigenvalue weighted by atomic mass is 16.1. The summed E-state index contributed by atoms with van der Waals surface area (Å²) in [4.78, 5) is 23.4. The first-order chi connectivity index (χ1) is 12.8. The Bertz CT molecular complexity index is 887. The molecule has 0 bridgehead atoms. The van der Waals surface area contributed by atoms with E-state index in [0.29, 0.717) is 5.56 Å². The molecule has 1 saturated heterocycles. The maximum absolute atomic E-state index is 12.3. The Morgan fingerprint density at radius 3 is 2.38 bits per heavy atom. The molecule has 1 amide bonds. The van der Waals surface area contributed by atoms with Crippen LogP contribution in [0.4, 0.5) is 11.5 Å². The number of nitrogens with one attached hydrogen (secondary N) is 1. The number of rotatable bonds is 4. The van der Waals surface area contributed by atoms with Gasteiger partial charge in [0.1, 0.15) is 12.1 Å². The van der Waals surface area contributed by atoms with Crippen molar-refractivity contribution in [2.75, 3.05) is 23.3 Å². The number of benzene rings is 2. The molecule has 130 valence electrons. The average Bonchev–Trinajstić information content (AvgIpc) is 3.24. The monoisotopic (exact) mass is 344 g/mol. The molecule has 0 atom stereocenters. The van der Waals surface area contributed by atoms with Crippen LogP contribution in [0.5, 0.6) is 0 Å².